The van der Waals surface area contributed by atoms with Crippen LogP contribution >= 0.6 is 0 Å². The van der Waals surface area contributed by atoms with Gasteiger partial charge in [0.2, 0.25) is 5.91 Å². The van der Waals surface area contributed by atoms with E-state index in [4.69, 9.17) is 36.1 Å². The highest BCUT2D eigenvalue weighted by atomic mass is 16.7. The van der Waals surface area contributed by atoms with E-state index < -0.39 is 85.9 Å². The Hall–Kier alpha value is -1.05. The van der Waals surface area contributed by atoms with Crippen LogP contribution in [0.4, 0.5) is 0 Å². The van der Waals surface area contributed by atoms with Gasteiger partial charge < -0.3 is 72.3 Å². The van der Waals surface area contributed by atoms with Gasteiger partial charge in [-0.3, -0.25) is 4.79 Å². The predicted octanol–water partition coefficient (Wildman–Crippen LogP) is -5.47. The van der Waals surface area contributed by atoms with Gasteiger partial charge >= 0.3 is 0 Å². The van der Waals surface area contributed by atoms with Crippen LogP contribution in [0.15, 0.2) is 0 Å². The van der Waals surface area contributed by atoms with Gasteiger partial charge in [0.1, 0.15) is 42.7 Å². The summed E-state index contributed by atoms with van der Waals surface area (Å²) < 4.78 is 23.5. The molecule has 37 heavy (non-hydrogen) atoms. The van der Waals surface area contributed by atoms with E-state index in [1.165, 1.54) is 0 Å². The Bertz CT molecular complexity index is 725. The molecule has 13 atom stereocenters. The fourth-order valence-electron chi connectivity index (χ4n) is 4.95. The standard InChI is InChI=1S/C22H43N5O10/c1-26-7-9-2-3-10(24)21(34-9)36-18-11(25)6-12(27-20(33)13(29)4-5-23)15(30)19(18)37-22-17(32)16(31)14(8-28)35-22/h9-19,21-22,26,28-32H,2-8,23-25H2,1H3,(H,27,33). The minimum Gasteiger partial charge on any atom is -0.394 e. The van der Waals surface area contributed by atoms with Gasteiger partial charge in [-0.15, -0.1) is 0 Å². The highest BCUT2D eigenvalue weighted by molar-refractivity contribution is 5.80. The molecule has 0 bridgehead atoms. The van der Waals surface area contributed by atoms with Crippen LogP contribution in [0, 0.1) is 0 Å². The normalized spacial score (nSPS) is 43.5. The third kappa shape index (κ3) is 7.33. The van der Waals surface area contributed by atoms with Crippen molar-refractivity contribution in [3.05, 3.63) is 0 Å². The molecule has 3 aliphatic rings. The minimum atomic E-state index is -1.53. The monoisotopic (exact) mass is 537 g/mol. The minimum absolute atomic E-state index is 0.0274. The van der Waals surface area contributed by atoms with Crippen molar-refractivity contribution in [1.29, 1.82) is 0 Å². The van der Waals surface area contributed by atoms with Gasteiger partial charge in [-0.25, -0.2) is 0 Å². The lowest BCUT2D eigenvalue weighted by Crippen LogP contribution is -2.67. The van der Waals surface area contributed by atoms with Gasteiger partial charge in [0.15, 0.2) is 12.6 Å². The number of nitrogens with one attached hydrogen (secondary N) is 2. The maximum Gasteiger partial charge on any atom is 0.249 e. The van der Waals surface area contributed by atoms with Gasteiger partial charge in [0, 0.05) is 12.6 Å². The fourth-order valence-corrected chi connectivity index (χ4v) is 4.95. The molecule has 3 rings (SSSR count). The third-order valence-corrected chi connectivity index (χ3v) is 7.10. The molecule has 1 amide bonds. The van der Waals surface area contributed by atoms with Gasteiger partial charge in [-0.1, -0.05) is 0 Å². The van der Waals surface area contributed by atoms with E-state index in [2.05, 4.69) is 10.6 Å². The second-order valence-electron chi connectivity index (χ2n) is 9.93. The summed E-state index contributed by atoms with van der Waals surface area (Å²) in [6.07, 6.45) is -10.2. The largest absolute Gasteiger partial charge is 0.394 e. The molecule has 13 unspecified atom stereocenters. The number of hydrogen-bond donors (Lipinski definition) is 10. The Morgan fingerprint density at radius 1 is 1.03 bits per heavy atom. The van der Waals surface area contributed by atoms with Crippen LogP contribution in [0.25, 0.3) is 0 Å². The molecule has 2 saturated heterocycles. The summed E-state index contributed by atoms with van der Waals surface area (Å²) in [7, 11) is 1.80. The van der Waals surface area contributed by atoms with Crippen molar-refractivity contribution in [1.82, 2.24) is 10.6 Å². The lowest BCUT2D eigenvalue weighted by atomic mass is 9.83. The summed E-state index contributed by atoms with van der Waals surface area (Å²) in [4.78, 5) is 12.4. The van der Waals surface area contributed by atoms with Crippen molar-refractivity contribution in [2.45, 2.75) is 105 Å². The molecule has 216 valence electrons. The van der Waals surface area contributed by atoms with Crippen LogP contribution in [-0.4, -0.2) is 138 Å². The second kappa shape index (κ2) is 13.8. The first-order chi connectivity index (χ1) is 17.6. The molecule has 0 aromatic heterocycles. The van der Waals surface area contributed by atoms with Gasteiger partial charge in [0.05, 0.1) is 24.8 Å². The quantitative estimate of drug-likeness (QED) is 0.118. The van der Waals surface area contributed by atoms with Crippen LogP contribution in [0.2, 0.25) is 0 Å². The van der Waals surface area contributed by atoms with E-state index in [0.717, 1.165) is 6.42 Å². The Labute approximate surface area is 215 Å². The number of aliphatic hydroxyl groups excluding tert-OH is 5. The average molecular weight is 538 g/mol. The summed E-state index contributed by atoms with van der Waals surface area (Å²) >= 11 is 0. The van der Waals surface area contributed by atoms with Crippen LogP contribution < -0.4 is 27.8 Å². The SMILES string of the molecule is CNCC1CCC(N)C(OC2C(N)CC(NC(=O)C(O)CCN)C(O)C2OC2OC(CO)C(O)C2O)O1. The van der Waals surface area contributed by atoms with Crippen LogP contribution in [0.5, 0.6) is 0 Å². The van der Waals surface area contributed by atoms with Crippen molar-refractivity contribution in [2.75, 3.05) is 26.7 Å². The van der Waals surface area contributed by atoms with Crippen molar-refractivity contribution in [3.63, 3.8) is 0 Å². The summed E-state index contributed by atoms with van der Waals surface area (Å²) in [6.45, 7) is 0.0954. The van der Waals surface area contributed by atoms with Crippen LogP contribution in [-0.2, 0) is 23.7 Å². The summed E-state index contributed by atoms with van der Waals surface area (Å²) in [6, 6.07) is -2.23. The van der Waals surface area contributed by atoms with Gasteiger partial charge in [-0.2, -0.15) is 0 Å². The first-order valence-corrected chi connectivity index (χ1v) is 12.7. The number of aliphatic hydroxyl groups is 5. The first-order valence-electron chi connectivity index (χ1n) is 12.7. The molecular formula is C22H43N5O10. The topological polar surface area (TPSA) is 257 Å². The molecule has 15 nitrogen and oxygen atoms in total. The molecule has 0 aromatic carbocycles. The molecule has 1 saturated carbocycles. The number of carbonyl (C=O) groups excluding carboxylic acids is 1. The van der Waals surface area contributed by atoms with E-state index in [0.29, 0.717) is 13.0 Å². The lowest BCUT2D eigenvalue weighted by Gasteiger charge is -2.46. The van der Waals surface area contributed by atoms with E-state index in [-0.39, 0.29) is 25.5 Å². The average Bonchev–Trinajstić information content (AvgIpc) is 3.14. The maximum atomic E-state index is 12.4. The zero-order chi connectivity index (χ0) is 27.3. The number of nitrogens with two attached hydrogens (primary N) is 3. The smallest absolute Gasteiger partial charge is 0.249 e. The Morgan fingerprint density at radius 3 is 2.35 bits per heavy atom. The molecule has 13 N–H and O–H groups in total. The lowest BCUT2D eigenvalue weighted by molar-refractivity contribution is -0.288. The number of likely N-dealkylation sites (N-methyl/N-ethyl adjacent to an activating group) is 1. The Morgan fingerprint density at radius 2 is 1.73 bits per heavy atom. The van der Waals surface area contributed by atoms with Crippen molar-refractivity contribution in [3.8, 4) is 0 Å². The molecule has 0 radical (unpaired) electrons. The molecule has 0 spiro atoms. The van der Waals surface area contributed by atoms with E-state index in [1.807, 2.05) is 0 Å². The molecule has 3 fully saturated rings. The summed E-state index contributed by atoms with van der Waals surface area (Å²) in [5, 5.41) is 56.8. The first kappa shape index (κ1) is 30.5. The molecule has 0 aromatic rings. The van der Waals surface area contributed by atoms with Crippen LogP contribution in [0.3, 0.4) is 0 Å². The number of amides is 1. The third-order valence-electron chi connectivity index (χ3n) is 7.10. The number of ether oxygens (including phenoxy) is 4. The van der Waals surface area contributed by atoms with Crippen molar-refractivity contribution in [2.24, 2.45) is 17.2 Å². The highest BCUT2D eigenvalue weighted by Gasteiger charge is 2.51. The fraction of sp³-hybridized carbons (Fsp3) is 0.955. The number of hydrogen-bond acceptors (Lipinski definition) is 14. The molecular weight excluding hydrogens is 494 g/mol. The van der Waals surface area contributed by atoms with E-state index >= 15 is 0 Å². The van der Waals surface area contributed by atoms with Crippen LogP contribution in [0.1, 0.15) is 25.7 Å². The zero-order valence-corrected chi connectivity index (χ0v) is 21.0. The number of rotatable bonds is 11. The van der Waals surface area contributed by atoms with Gasteiger partial charge in [0.25, 0.3) is 0 Å². The van der Waals surface area contributed by atoms with E-state index in [9.17, 15) is 30.3 Å². The van der Waals surface area contributed by atoms with Crippen molar-refractivity contribution >= 4 is 5.91 Å². The van der Waals surface area contributed by atoms with Crippen molar-refractivity contribution < 1.29 is 49.3 Å². The molecule has 2 heterocycles. The van der Waals surface area contributed by atoms with Gasteiger partial charge in [-0.05, 0) is 39.3 Å². The molecule has 2 aliphatic heterocycles. The Balaban J connectivity index is 1.80. The number of carbonyl (C=O) groups is 1. The molecule has 1 aliphatic carbocycles. The van der Waals surface area contributed by atoms with E-state index in [1.54, 1.807) is 7.05 Å². The summed E-state index contributed by atoms with van der Waals surface area (Å²) in [5.41, 5.74) is 18.1. The predicted molar refractivity (Wildman–Crippen MR) is 128 cm³/mol. The molecule has 15 heteroatoms. The maximum absolute atomic E-state index is 12.4. The highest BCUT2D eigenvalue weighted by Crippen LogP contribution is 2.32. The second-order valence-corrected chi connectivity index (χ2v) is 9.93. The zero-order valence-electron chi connectivity index (χ0n) is 21.0. The Kier molecular flexibility index (Phi) is 11.4. The summed E-state index contributed by atoms with van der Waals surface area (Å²) in [5.74, 6) is -0.736.